The summed E-state index contributed by atoms with van der Waals surface area (Å²) in [4.78, 5) is 13.5. The minimum Gasteiger partial charge on any atom is -0.360 e. The van der Waals surface area contributed by atoms with Crippen LogP contribution in [0.15, 0.2) is 82.0 Å². The van der Waals surface area contributed by atoms with E-state index in [1.807, 2.05) is 72.3 Å². The van der Waals surface area contributed by atoms with E-state index in [0.29, 0.717) is 45.2 Å². The third kappa shape index (κ3) is 5.40. The van der Waals surface area contributed by atoms with E-state index in [4.69, 9.17) is 16.1 Å². The molecule has 0 bridgehead atoms. The first-order chi connectivity index (χ1) is 16.4. The summed E-state index contributed by atoms with van der Waals surface area (Å²) in [6.07, 6.45) is 0.538. The van der Waals surface area contributed by atoms with E-state index in [1.54, 1.807) is 6.92 Å². The number of carbonyl (C=O) groups is 1. The van der Waals surface area contributed by atoms with Gasteiger partial charge < -0.3 is 14.4 Å². The number of aromatic nitrogens is 4. The van der Waals surface area contributed by atoms with Crippen molar-refractivity contribution in [2.75, 3.05) is 5.75 Å². The number of benzene rings is 2. The van der Waals surface area contributed by atoms with Gasteiger partial charge in [0.2, 0.25) is 0 Å². The fourth-order valence-corrected chi connectivity index (χ4v) is 4.45. The summed E-state index contributed by atoms with van der Waals surface area (Å²) in [6, 6.07) is 19.0. The standard InChI is InChI=1S/C25H24ClN5O2S/c1-16(26)15-34-25-29-28-23(31(25)3)20(14-18-10-6-4-7-11-18)27-24(32)21-17(2)33-30-22(21)19-12-8-5-9-13-19/h4-13,20H,1,14-15H2,2-3H3,(H,27,32)/t20-/m1/s1. The van der Waals surface area contributed by atoms with Gasteiger partial charge in [0, 0.05) is 23.4 Å². The van der Waals surface area contributed by atoms with Gasteiger partial charge in [-0.05, 0) is 18.9 Å². The van der Waals surface area contributed by atoms with Crippen molar-refractivity contribution in [2.45, 2.75) is 24.5 Å². The third-order valence-electron chi connectivity index (χ3n) is 5.26. The minimum absolute atomic E-state index is 0.287. The molecule has 34 heavy (non-hydrogen) atoms. The number of carbonyl (C=O) groups excluding carboxylic acids is 1. The van der Waals surface area contributed by atoms with Crippen LogP contribution in [0.1, 0.15) is 33.5 Å². The van der Waals surface area contributed by atoms with E-state index in [1.165, 1.54) is 11.8 Å². The number of amides is 1. The fraction of sp³-hybridized carbons (Fsp3) is 0.200. The lowest BCUT2D eigenvalue weighted by Gasteiger charge is -2.19. The van der Waals surface area contributed by atoms with Crippen LogP contribution in [0.25, 0.3) is 11.3 Å². The first-order valence-electron chi connectivity index (χ1n) is 10.7. The van der Waals surface area contributed by atoms with Gasteiger partial charge in [-0.15, -0.1) is 10.2 Å². The summed E-state index contributed by atoms with van der Waals surface area (Å²) < 4.78 is 7.26. The summed E-state index contributed by atoms with van der Waals surface area (Å²) in [7, 11) is 1.87. The van der Waals surface area contributed by atoms with Crippen molar-refractivity contribution >= 4 is 29.3 Å². The van der Waals surface area contributed by atoms with Crippen LogP contribution in [0.2, 0.25) is 0 Å². The highest BCUT2D eigenvalue weighted by molar-refractivity contribution is 7.99. The second-order valence-electron chi connectivity index (χ2n) is 7.75. The smallest absolute Gasteiger partial charge is 0.257 e. The molecule has 7 nitrogen and oxygen atoms in total. The molecule has 0 spiro atoms. The van der Waals surface area contributed by atoms with Crippen molar-refractivity contribution in [1.29, 1.82) is 0 Å². The first-order valence-corrected chi connectivity index (χ1v) is 12.0. The fourth-order valence-electron chi connectivity index (χ4n) is 3.62. The molecule has 174 valence electrons. The lowest BCUT2D eigenvalue weighted by Crippen LogP contribution is -2.32. The van der Waals surface area contributed by atoms with Gasteiger partial charge in [-0.3, -0.25) is 4.79 Å². The van der Waals surface area contributed by atoms with E-state index in [0.717, 1.165) is 11.1 Å². The zero-order valence-electron chi connectivity index (χ0n) is 18.9. The van der Waals surface area contributed by atoms with Gasteiger partial charge in [-0.1, -0.05) is 95.8 Å². The van der Waals surface area contributed by atoms with Crippen LogP contribution < -0.4 is 5.32 Å². The number of hydrogen-bond donors (Lipinski definition) is 1. The number of rotatable bonds is 9. The monoisotopic (exact) mass is 493 g/mol. The lowest BCUT2D eigenvalue weighted by molar-refractivity contribution is 0.0933. The number of nitrogens with one attached hydrogen (secondary N) is 1. The molecule has 0 saturated carbocycles. The molecule has 4 aromatic rings. The van der Waals surface area contributed by atoms with Crippen LogP contribution in [0.5, 0.6) is 0 Å². The molecule has 4 rings (SSSR count). The quantitative estimate of drug-likeness (QED) is 0.317. The second-order valence-corrected chi connectivity index (χ2v) is 9.23. The van der Waals surface area contributed by atoms with Crippen molar-refractivity contribution in [3.63, 3.8) is 0 Å². The Hall–Kier alpha value is -3.36. The molecule has 1 atom stereocenters. The Morgan fingerprint density at radius 3 is 2.50 bits per heavy atom. The summed E-state index contributed by atoms with van der Waals surface area (Å²) >= 11 is 7.36. The molecule has 1 N–H and O–H groups in total. The highest BCUT2D eigenvalue weighted by Gasteiger charge is 2.27. The van der Waals surface area contributed by atoms with Gasteiger partial charge in [0.15, 0.2) is 11.0 Å². The lowest BCUT2D eigenvalue weighted by atomic mass is 10.0. The van der Waals surface area contributed by atoms with Crippen molar-refractivity contribution in [3.8, 4) is 11.3 Å². The normalized spacial score (nSPS) is 11.9. The Kier molecular flexibility index (Phi) is 7.49. The topological polar surface area (TPSA) is 85.8 Å². The number of hydrogen-bond acceptors (Lipinski definition) is 6. The van der Waals surface area contributed by atoms with E-state index >= 15 is 0 Å². The Morgan fingerprint density at radius 1 is 1.15 bits per heavy atom. The molecule has 0 aliphatic heterocycles. The summed E-state index contributed by atoms with van der Waals surface area (Å²) in [5.41, 5.74) is 2.77. The van der Waals surface area contributed by atoms with Crippen LogP contribution in [0.3, 0.4) is 0 Å². The Morgan fingerprint density at radius 2 is 1.82 bits per heavy atom. The van der Waals surface area contributed by atoms with Gasteiger partial charge in [0.05, 0.1) is 6.04 Å². The molecule has 2 aromatic heterocycles. The zero-order valence-corrected chi connectivity index (χ0v) is 20.4. The average Bonchev–Trinajstić information content (AvgIpc) is 3.40. The molecule has 0 radical (unpaired) electrons. The molecule has 2 heterocycles. The SMILES string of the molecule is C=C(Cl)CSc1nnc([C@@H](Cc2ccccc2)NC(=O)c2c(-c3ccccc3)noc2C)n1C. The maximum atomic E-state index is 13.5. The molecule has 0 aliphatic rings. The van der Waals surface area contributed by atoms with E-state index in [2.05, 4.69) is 27.2 Å². The Bertz CT molecular complexity index is 1290. The molecule has 9 heteroatoms. The van der Waals surface area contributed by atoms with E-state index < -0.39 is 6.04 Å². The van der Waals surface area contributed by atoms with Crippen LogP contribution in [0.4, 0.5) is 0 Å². The number of aryl methyl sites for hydroxylation is 1. The van der Waals surface area contributed by atoms with Gasteiger partial charge in [0.1, 0.15) is 17.0 Å². The summed E-state index contributed by atoms with van der Waals surface area (Å²) in [5, 5.41) is 17.2. The maximum absolute atomic E-state index is 13.5. The molecule has 0 saturated heterocycles. The molecular weight excluding hydrogens is 470 g/mol. The molecule has 2 aromatic carbocycles. The zero-order chi connectivity index (χ0) is 24.1. The molecule has 0 fully saturated rings. The Balaban J connectivity index is 1.66. The van der Waals surface area contributed by atoms with Crippen LogP contribution in [0, 0.1) is 6.92 Å². The van der Waals surface area contributed by atoms with Crippen molar-refractivity contribution in [1.82, 2.24) is 25.2 Å². The molecule has 0 unspecified atom stereocenters. The van der Waals surface area contributed by atoms with Gasteiger partial charge in [-0.25, -0.2) is 0 Å². The predicted molar refractivity (Wildman–Crippen MR) is 134 cm³/mol. The van der Waals surface area contributed by atoms with Crippen LogP contribution in [-0.2, 0) is 13.5 Å². The van der Waals surface area contributed by atoms with Gasteiger partial charge in [0.25, 0.3) is 5.91 Å². The number of halogens is 1. The maximum Gasteiger partial charge on any atom is 0.257 e. The van der Waals surface area contributed by atoms with Crippen molar-refractivity contribution in [2.24, 2.45) is 7.05 Å². The number of thioether (sulfide) groups is 1. The van der Waals surface area contributed by atoms with Crippen LogP contribution in [-0.4, -0.2) is 31.6 Å². The van der Waals surface area contributed by atoms with E-state index in [-0.39, 0.29) is 5.91 Å². The molecule has 1 amide bonds. The molecular formula is C25H24ClN5O2S. The highest BCUT2D eigenvalue weighted by atomic mass is 35.5. The van der Waals surface area contributed by atoms with Crippen molar-refractivity contribution < 1.29 is 9.32 Å². The average molecular weight is 494 g/mol. The number of nitrogens with zero attached hydrogens (tertiary/aromatic N) is 4. The summed E-state index contributed by atoms with van der Waals surface area (Å²) in [6.45, 7) is 5.46. The van der Waals surface area contributed by atoms with Crippen LogP contribution >= 0.6 is 23.4 Å². The first kappa shape index (κ1) is 23.8. The predicted octanol–water partition coefficient (Wildman–Crippen LogP) is 5.34. The largest absolute Gasteiger partial charge is 0.360 e. The Labute approximate surface area is 207 Å². The molecule has 0 aliphatic carbocycles. The minimum atomic E-state index is -0.432. The van der Waals surface area contributed by atoms with Gasteiger partial charge in [-0.2, -0.15) is 0 Å². The van der Waals surface area contributed by atoms with Crippen molar-refractivity contribution in [3.05, 3.63) is 95.0 Å². The highest BCUT2D eigenvalue weighted by Crippen LogP contribution is 2.27. The summed E-state index contributed by atoms with van der Waals surface area (Å²) in [5.74, 6) is 1.31. The third-order valence-corrected chi connectivity index (χ3v) is 6.66. The van der Waals surface area contributed by atoms with Gasteiger partial charge >= 0.3 is 0 Å². The van der Waals surface area contributed by atoms with E-state index in [9.17, 15) is 4.79 Å². The second kappa shape index (κ2) is 10.7.